The first-order chi connectivity index (χ1) is 20.2. The summed E-state index contributed by atoms with van der Waals surface area (Å²) >= 11 is 0. The molecule has 1 unspecified atom stereocenters. The average Bonchev–Trinajstić information content (AvgIpc) is 3.62. The van der Waals surface area contributed by atoms with Crippen molar-refractivity contribution >= 4 is 38.4 Å². The number of nitrogens with zero attached hydrogens (tertiary/aromatic N) is 2. The third-order valence-electron chi connectivity index (χ3n) is 8.19. The average molecular weight is 622 g/mol. The standard InChI is InChI=1S/C28H33N3O4S.C2HF3O2/c1-30(2)28(16-8-9-17-28)19-29-27(32)23-18-31(24-13-7-6-10-20(23)24)36(33,34)26-15-14-25(35-3)21-11-4-5-12-22(21)26;3-2(4,5)1(6)7/h4-7,10-15,23H,8-9,16-19H2,1-3H3,(H,29,32);(H,6,7). The number of benzene rings is 3. The normalized spacial score (nSPS) is 17.7. The van der Waals surface area contributed by atoms with E-state index in [1.807, 2.05) is 36.4 Å². The Morgan fingerprint density at radius 1 is 1.02 bits per heavy atom. The Bertz CT molecular complexity index is 1600. The van der Waals surface area contributed by atoms with E-state index in [1.54, 1.807) is 31.4 Å². The number of fused-ring (bicyclic) bond motifs is 2. The maximum atomic E-state index is 14.0. The molecule has 1 aliphatic heterocycles. The molecular formula is C30H34F3N3O6S. The van der Waals surface area contributed by atoms with Gasteiger partial charge in [0.2, 0.25) is 5.91 Å². The first-order valence-electron chi connectivity index (χ1n) is 13.7. The number of carboxylic acids is 1. The molecule has 1 heterocycles. The van der Waals surface area contributed by atoms with Gasteiger partial charge in [-0.2, -0.15) is 13.2 Å². The molecule has 9 nitrogen and oxygen atoms in total. The monoisotopic (exact) mass is 621 g/mol. The van der Waals surface area contributed by atoms with Crippen LogP contribution in [0.2, 0.25) is 0 Å². The number of alkyl halides is 3. The second-order valence-electron chi connectivity index (χ2n) is 10.8. The molecule has 1 saturated carbocycles. The van der Waals surface area contributed by atoms with E-state index >= 15 is 0 Å². The molecule has 1 aliphatic carbocycles. The van der Waals surface area contributed by atoms with Crippen molar-refractivity contribution in [3.63, 3.8) is 0 Å². The third-order valence-corrected chi connectivity index (χ3v) is 10.0. The summed E-state index contributed by atoms with van der Waals surface area (Å²) in [4.78, 5) is 24.8. The quantitative estimate of drug-likeness (QED) is 0.391. The van der Waals surface area contributed by atoms with Crippen LogP contribution in [0.4, 0.5) is 18.9 Å². The molecule has 0 aromatic heterocycles. The number of likely N-dealkylation sites (N-methyl/N-ethyl adjacent to an activating group) is 1. The fraction of sp³-hybridized carbons (Fsp3) is 0.400. The minimum Gasteiger partial charge on any atom is -0.496 e. The third kappa shape index (κ3) is 6.42. The molecule has 0 saturated heterocycles. The first-order valence-corrected chi connectivity index (χ1v) is 15.1. The van der Waals surface area contributed by atoms with Crippen LogP contribution in [0.3, 0.4) is 0 Å². The molecule has 1 fully saturated rings. The van der Waals surface area contributed by atoms with Crippen molar-refractivity contribution in [1.29, 1.82) is 0 Å². The molecule has 13 heteroatoms. The molecule has 5 rings (SSSR count). The highest BCUT2D eigenvalue weighted by atomic mass is 32.2. The van der Waals surface area contributed by atoms with E-state index in [4.69, 9.17) is 14.6 Å². The summed E-state index contributed by atoms with van der Waals surface area (Å²) in [6.07, 6.45) is -0.677. The summed E-state index contributed by atoms with van der Waals surface area (Å²) in [5.74, 6) is -2.84. The fourth-order valence-electron chi connectivity index (χ4n) is 5.78. The van der Waals surface area contributed by atoms with Gasteiger partial charge in [0.15, 0.2) is 0 Å². The maximum Gasteiger partial charge on any atom is 0.490 e. The predicted octanol–water partition coefficient (Wildman–Crippen LogP) is 4.76. The van der Waals surface area contributed by atoms with Crippen molar-refractivity contribution < 1.29 is 41.0 Å². The fourth-order valence-corrected chi connectivity index (χ4v) is 7.48. The zero-order chi connectivity index (χ0) is 31.6. The summed E-state index contributed by atoms with van der Waals surface area (Å²) in [7, 11) is 1.77. The van der Waals surface area contributed by atoms with Gasteiger partial charge in [-0.1, -0.05) is 55.3 Å². The number of halogens is 3. The zero-order valence-corrected chi connectivity index (χ0v) is 24.8. The lowest BCUT2D eigenvalue weighted by molar-refractivity contribution is -0.192. The summed E-state index contributed by atoms with van der Waals surface area (Å²) in [6.45, 7) is 0.635. The molecule has 43 heavy (non-hydrogen) atoms. The lowest BCUT2D eigenvalue weighted by Gasteiger charge is -2.36. The van der Waals surface area contributed by atoms with Gasteiger partial charge in [-0.25, -0.2) is 13.2 Å². The molecule has 3 aromatic carbocycles. The van der Waals surface area contributed by atoms with Crippen LogP contribution in [0, 0.1) is 0 Å². The number of carbonyl (C=O) groups excluding carboxylic acids is 1. The van der Waals surface area contributed by atoms with E-state index in [9.17, 15) is 26.4 Å². The topological polar surface area (TPSA) is 116 Å². The Kier molecular flexibility index (Phi) is 9.26. The summed E-state index contributed by atoms with van der Waals surface area (Å²) < 4.78 is 66.6. The lowest BCUT2D eigenvalue weighted by atomic mass is 9.95. The molecule has 0 spiro atoms. The molecule has 0 bridgehead atoms. The second-order valence-corrected chi connectivity index (χ2v) is 12.6. The summed E-state index contributed by atoms with van der Waals surface area (Å²) in [5, 5.41) is 11.6. The van der Waals surface area contributed by atoms with Crippen LogP contribution in [0.5, 0.6) is 5.75 Å². The summed E-state index contributed by atoms with van der Waals surface area (Å²) in [6, 6.07) is 17.9. The molecule has 1 atom stereocenters. The van der Waals surface area contributed by atoms with Crippen molar-refractivity contribution in [2.24, 2.45) is 0 Å². The van der Waals surface area contributed by atoms with Crippen molar-refractivity contribution in [1.82, 2.24) is 10.2 Å². The van der Waals surface area contributed by atoms with E-state index in [-0.39, 0.29) is 22.9 Å². The number of amides is 1. The number of aliphatic carboxylic acids is 1. The van der Waals surface area contributed by atoms with Gasteiger partial charge in [-0.3, -0.25) is 9.10 Å². The molecule has 232 valence electrons. The van der Waals surface area contributed by atoms with Crippen molar-refractivity contribution in [2.45, 2.75) is 48.2 Å². The van der Waals surface area contributed by atoms with E-state index in [0.717, 1.165) is 36.6 Å². The lowest BCUT2D eigenvalue weighted by Crippen LogP contribution is -2.51. The Hall–Kier alpha value is -3.84. The second kappa shape index (κ2) is 12.4. The SMILES string of the molecule is COc1ccc(S(=O)(=O)N2CC(C(=O)NCC3(N(C)C)CCCC3)c3ccccc32)c2ccccc12.O=C(O)C(F)(F)F. The van der Waals surface area contributed by atoms with Gasteiger partial charge in [0, 0.05) is 22.9 Å². The van der Waals surface area contributed by atoms with Crippen LogP contribution in [0.25, 0.3) is 10.8 Å². The number of rotatable bonds is 7. The van der Waals surface area contributed by atoms with Gasteiger partial charge in [0.25, 0.3) is 10.0 Å². The number of sulfonamides is 1. The first kappa shape index (κ1) is 32.1. The molecule has 3 aromatic rings. The maximum absolute atomic E-state index is 14.0. The zero-order valence-electron chi connectivity index (χ0n) is 24.0. The van der Waals surface area contributed by atoms with E-state index in [2.05, 4.69) is 24.3 Å². The van der Waals surface area contributed by atoms with Gasteiger partial charge in [0.1, 0.15) is 5.75 Å². The Balaban J connectivity index is 0.000000541. The molecule has 0 radical (unpaired) electrons. The smallest absolute Gasteiger partial charge is 0.490 e. The van der Waals surface area contributed by atoms with Crippen molar-refractivity contribution in [3.05, 3.63) is 66.2 Å². The van der Waals surface area contributed by atoms with E-state index in [0.29, 0.717) is 23.4 Å². The van der Waals surface area contributed by atoms with Crippen LogP contribution >= 0.6 is 0 Å². The minimum atomic E-state index is -5.08. The number of hydrogen-bond acceptors (Lipinski definition) is 6. The van der Waals surface area contributed by atoms with Crippen LogP contribution in [0.1, 0.15) is 37.2 Å². The predicted molar refractivity (Wildman–Crippen MR) is 156 cm³/mol. The van der Waals surface area contributed by atoms with Crippen LogP contribution < -0.4 is 14.4 Å². The van der Waals surface area contributed by atoms with Crippen molar-refractivity contribution in [2.75, 3.05) is 38.6 Å². The number of para-hydroxylation sites is 1. The minimum absolute atomic E-state index is 0.0401. The number of carbonyl (C=O) groups is 2. The molecule has 1 amide bonds. The van der Waals surface area contributed by atoms with Crippen molar-refractivity contribution in [3.8, 4) is 5.75 Å². The number of hydrogen-bond donors (Lipinski definition) is 2. The largest absolute Gasteiger partial charge is 0.496 e. The number of anilines is 1. The Morgan fingerprint density at radius 2 is 1.60 bits per heavy atom. The van der Waals surface area contributed by atoms with E-state index in [1.165, 1.54) is 4.31 Å². The Labute approximate surface area is 248 Å². The van der Waals surface area contributed by atoms with Gasteiger partial charge in [-0.15, -0.1) is 0 Å². The number of ether oxygens (including phenoxy) is 1. The molecule has 2 N–H and O–H groups in total. The highest BCUT2D eigenvalue weighted by Gasteiger charge is 2.42. The van der Waals surface area contributed by atoms with Crippen LogP contribution in [0.15, 0.2) is 65.6 Å². The molecule has 2 aliphatic rings. The molecular weight excluding hydrogens is 587 g/mol. The number of methoxy groups -OCH3 is 1. The van der Waals surface area contributed by atoms with Gasteiger partial charge in [0.05, 0.1) is 30.2 Å². The number of nitrogens with one attached hydrogen (secondary N) is 1. The highest BCUT2D eigenvalue weighted by molar-refractivity contribution is 7.93. The highest BCUT2D eigenvalue weighted by Crippen LogP contribution is 2.42. The van der Waals surface area contributed by atoms with E-state index < -0.39 is 28.1 Å². The van der Waals surface area contributed by atoms with Gasteiger partial charge in [-0.05, 0) is 50.7 Å². The number of carboxylic acid groups (broad SMARTS) is 1. The summed E-state index contributed by atoms with van der Waals surface area (Å²) in [5.41, 5.74) is 1.25. The Morgan fingerprint density at radius 3 is 2.19 bits per heavy atom. The van der Waals surface area contributed by atoms with Gasteiger partial charge < -0.3 is 20.1 Å². The van der Waals surface area contributed by atoms with Crippen LogP contribution in [-0.4, -0.2) is 76.3 Å². The van der Waals surface area contributed by atoms with Crippen LogP contribution in [-0.2, 0) is 19.6 Å². The van der Waals surface area contributed by atoms with Gasteiger partial charge >= 0.3 is 12.1 Å².